The van der Waals surface area contributed by atoms with Crippen molar-refractivity contribution in [1.82, 2.24) is 14.8 Å². The maximum absolute atomic E-state index is 13.0. The van der Waals surface area contributed by atoms with Gasteiger partial charge in [0.2, 0.25) is 0 Å². The molecular formula is C28H35BrN4O. The molecule has 1 aliphatic rings. The second-order valence-electron chi connectivity index (χ2n) is 8.94. The van der Waals surface area contributed by atoms with E-state index in [1.165, 1.54) is 5.69 Å². The van der Waals surface area contributed by atoms with Gasteiger partial charge in [0.05, 0.1) is 11.3 Å². The summed E-state index contributed by atoms with van der Waals surface area (Å²) >= 11 is 3.67. The van der Waals surface area contributed by atoms with Crippen LogP contribution in [0.25, 0.3) is 11.3 Å². The first kappa shape index (κ1) is 24.6. The molecular weight excluding hydrogens is 488 g/mol. The second-order valence-corrected chi connectivity index (χ2v) is 9.79. The van der Waals surface area contributed by atoms with Gasteiger partial charge >= 0.3 is 0 Å². The van der Waals surface area contributed by atoms with E-state index in [1.54, 1.807) is 0 Å². The minimum atomic E-state index is 0.0308. The Morgan fingerprint density at radius 3 is 2.38 bits per heavy atom. The van der Waals surface area contributed by atoms with Crippen LogP contribution in [0, 0.1) is 6.92 Å². The number of nitrogens with one attached hydrogen (secondary N) is 1. The molecule has 34 heavy (non-hydrogen) atoms. The van der Waals surface area contributed by atoms with Crippen molar-refractivity contribution < 1.29 is 4.79 Å². The minimum Gasteiger partial charge on any atom is -0.368 e. The van der Waals surface area contributed by atoms with Crippen molar-refractivity contribution in [3.63, 3.8) is 0 Å². The molecule has 1 N–H and O–H groups in total. The van der Waals surface area contributed by atoms with Gasteiger partial charge in [-0.2, -0.15) is 0 Å². The van der Waals surface area contributed by atoms with E-state index < -0.39 is 0 Å². The van der Waals surface area contributed by atoms with Crippen molar-refractivity contribution in [3.8, 4) is 11.3 Å². The molecule has 0 atom stereocenters. The van der Waals surface area contributed by atoms with E-state index in [4.69, 9.17) is 0 Å². The maximum Gasteiger partial charge on any atom is 0.253 e. The quantitative estimate of drug-likeness (QED) is 0.373. The Bertz CT molecular complexity index is 1090. The standard InChI is InChI=1S/C28H35BrN4O/c1-3-15-33-22(2)24(21-27(33)23-10-5-4-6-11-23)28(34)30-14-9-16-31-17-19-32(20-18-31)26-13-8-7-12-25(26)29/h4-8,10-13,21H,3,9,14-20H2,1-2H3,(H,30,34). The van der Waals surface area contributed by atoms with Gasteiger partial charge in [0.1, 0.15) is 0 Å². The van der Waals surface area contributed by atoms with Crippen LogP contribution in [0.15, 0.2) is 65.1 Å². The number of rotatable bonds is 9. The van der Waals surface area contributed by atoms with Crippen molar-refractivity contribution in [3.05, 3.63) is 76.4 Å². The van der Waals surface area contributed by atoms with E-state index >= 15 is 0 Å². The fourth-order valence-electron chi connectivity index (χ4n) is 4.76. The van der Waals surface area contributed by atoms with Gasteiger partial charge in [-0.1, -0.05) is 49.4 Å². The number of amides is 1. The number of piperazine rings is 1. The fraction of sp³-hybridized carbons (Fsp3) is 0.393. The molecule has 3 aromatic rings. The summed E-state index contributed by atoms with van der Waals surface area (Å²) in [4.78, 5) is 17.9. The van der Waals surface area contributed by atoms with Crippen molar-refractivity contribution in [2.45, 2.75) is 33.2 Å². The van der Waals surface area contributed by atoms with Gasteiger partial charge in [0.25, 0.3) is 5.91 Å². The smallest absolute Gasteiger partial charge is 0.253 e. The molecule has 5 nitrogen and oxygen atoms in total. The van der Waals surface area contributed by atoms with Gasteiger partial charge in [-0.3, -0.25) is 9.69 Å². The molecule has 1 fully saturated rings. The molecule has 180 valence electrons. The monoisotopic (exact) mass is 522 g/mol. The van der Waals surface area contributed by atoms with E-state index in [9.17, 15) is 4.79 Å². The fourth-order valence-corrected chi connectivity index (χ4v) is 5.29. The molecule has 0 bridgehead atoms. The van der Waals surface area contributed by atoms with Crippen molar-refractivity contribution in [2.24, 2.45) is 0 Å². The summed E-state index contributed by atoms with van der Waals surface area (Å²) in [5.74, 6) is 0.0308. The molecule has 0 radical (unpaired) electrons. The van der Waals surface area contributed by atoms with Crippen molar-refractivity contribution in [2.75, 3.05) is 44.2 Å². The summed E-state index contributed by atoms with van der Waals surface area (Å²) in [6.07, 6.45) is 1.99. The van der Waals surface area contributed by atoms with E-state index in [1.807, 2.05) is 18.2 Å². The Hall–Kier alpha value is -2.57. The largest absolute Gasteiger partial charge is 0.368 e. The van der Waals surface area contributed by atoms with Crippen LogP contribution >= 0.6 is 15.9 Å². The topological polar surface area (TPSA) is 40.5 Å². The first-order valence-electron chi connectivity index (χ1n) is 12.3. The zero-order valence-corrected chi connectivity index (χ0v) is 21.9. The van der Waals surface area contributed by atoms with Gasteiger partial charge in [-0.15, -0.1) is 0 Å². The summed E-state index contributed by atoms with van der Waals surface area (Å²) in [5, 5.41) is 3.16. The SMILES string of the molecule is CCCn1c(-c2ccccc2)cc(C(=O)NCCCN2CCN(c3ccccc3Br)CC2)c1C. The van der Waals surface area contributed by atoms with Gasteiger partial charge < -0.3 is 14.8 Å². The molecule has 2 aromatic carbocycles. The van der Waals surface area contributed by atoms with E-state index in [2.05, 4.69) is 91.9 Å². The number of anilines is 1. The molecule has 4 rings (SSSR count). The van der Waals surface area contributed by atoms with Gasteiger partial charge in [0.15, 0.2) is 0 Å². The molecule has 6 heteroatoms. The molecule has 1 amide bonds. The number of aromatic nitrogens is 1. The molecule has 0 aliphatic carbocycles. The highest BCUT2D eigenvalue weighted by atomic mass is 79.9. The van der Waals surface area contributed by atoms with Crippen LogP contribution in [0.5, 0.6) is 0 Å². The average molecular weight is 524 g/mol. The van der Waals surface area contributed by atoms with Gasteiger partial charge in [-0.25, -0.2) is 0 Å². The Labute approximate surface area is 211 Å². The van der Waals surface area contributed by atoms with Crippen LogP contribution < -0.4 is 10.2 Å². The zero-order valence-electron chi connectivity index (χ0n) is 20.3. The molecule has 1 saturated heterocycles. The van der Waals surface area contributed by atoms with Crippen LogP contribution in [0.1, 0.15) is 35.8 Å². The normalized spacial score (nSPS) is 14.4. The number of halogens is 1. The summed E-state index contributed by atoms with van der Waals surface area (Å²) < 4.78 is 3.43. The predicted octanol–water partition coefficient (Wildman–Crippen LogP) is 5.58. The number of hydrogen-bond donors (Lipinski definition) is 1. The number of nitrogens with zero attached hydrogens (tertiary/aromatic N) is 3. The third-order valence-corrected chi connectivity index (χ3v) is 7.30. The van der Waals surface area contributed by atoms with Crippen LogP contribution in [-0.2, 0) is 6.54 Å². The Morgan fingerprint density at radius 1 is 0.971 bits per heavy atom. The number of benzene rings is 2. The van der Waals surface area contributed by atoms with Crippen LogP contribution in [0.4, 0.5) is 5.69 Å². The number of hydrogen-bond acceptors (Lipinski definition) is 3. The molecule has 1 aromatic heterocycles. The highest BCUT2D eigenvalue weighted by Crippen LogP contribution is 2.27. The van der Waals surface area contributed by atoms with Gasteiger partial charge in [0, 0.05) is 55.1 Å². The molecule has 0 unspecified atom stereocenters. The van der Waals surface area contributed by atoms with E-state index in [-0.39, 0.29) is 5.91 Å². The number of carbonyl (C=O) groups excluding carboxylic acids is 1. The number of carbonyl (C=O) groups is 1. The summed E-state index contributed by atoms with van der Waals surface area (Å²) in [6.45, 7) is 11.0. The first-order chi connectivity index (χ1) is 16.6. The van der Waals surface area contributed by atoms with Crippen molar-refractivity contribution in [1.29, 1.82) is 0 Å². The van der Waals surface area contributed by atoms with Gasteiger partial charge in [-0.05, 0) is 66.0 Å². The minimum absolute atomic E-state index is 0.0308. The lowest BCUT2D eigenvalue weighted by atomic mass is 10.1. The van der Waals surface area contributed by atoms with E-state index in [0.29, 0.717) is 6.54 Å². The van der Waals surface area contributed by atoms with E-state index in [0.717, 1.165) is 79.1 Å². The predicted molar refractivity (Wildman–Crippen MR) is 145 cm³/mol. The molecule has 1 aliphatic heterocycles. The highest BCUT2D eigenvalue weighted by Gasteiger charge is 2.20. The molecule has 2 heterocycles. The summed E-state index contributed by atoms with van der Waals surface area (Å²) in [7, 11) is 0. The first-order valence-corrected chi connectivity index (χ1v) is 13.1. The second kappa shape index (κ2) is 11.7. The van der Waals surface area contributed by atoms with Crippen LogP contribution in [-0.4, -0.2) is 54.6 Å². The lowest BCUT2D eigenvalue weighted by Gasteiger charge is -2.36. The lowest BCUT2D eigenvalue weighted by molar-refractivity contribution is 0.0950. The molecule has 0 saturated carbocycles. The Balaban J connectivity index is 1.27. The van der Waals surface area contributed by atoms with Crippen LogP contribution in [0.2, 0.25) is 0 Å². The zero-order chi connectivity index (χ0) is 23.9. The molecule has 0 spiro atoms. The third kappa shape index (κ3) is 5.73. The number of para-hydroxylation sites is 1. The Kier molecular flexibility index (Phi) is 8.46. The maximum atomic E-state index is 13.0. The average Bonchev–Trinajstić information content (AvgIpc) is 3.19. The summed E-state index contributed by atoms with van der Waals surface area (Å²) in [5.41, 5.74) is 5.37. The van der Waals surface area contributed by atoms with Crippen molar-refractivity contribution >= 4 is 27.5 Å². The highest BCUT2D eigenvalue weighted by molar-refractivity contribution is 9.10. The van der Waals surface area contributed by atoms with Crippen LogP contribution in [0.3, 0.4) is 0 Å². The lowest BCUT2D eigenvalue weighted by Crippen LogP contribution is -2.47. The third-order valence-electron chi connectivity index (χ3n) is 6.63. The Morgan fingerprint density at radius 2 is 1.68 bits per heavy atom. The summed E-state index contributed by atoms with van der Waals surface area (Å²) in [6, 6.07) is 20.8.